The number of carbonyl (C=O) groups is 1. The topological polar surface area (TPSA) is 72.3 Å². The zero-order valence-electron chi connectivity index (χ0n) is 11.2. The Morgan fingerprint density at radius 1 is 1.33 bits per heavy atom. The Bertz CT molecular complexity index is 799. The first kappa shape index (κ1) is 13.5. The number of aromatic nitrogens is 2. The van der Waals surface area contributed by atoms with Crippen LogP contribution in [0.4, 0.5) is 0 Å². The van der Waals surface area contributed by atoms with Crippen molar-refractivity contribution in [1.29, 1.82) is 0 Å². The zero-order valence-corrected chi connectivity index (χ0v) is 12.1. The fraction of sp³-hybridized carbons (Fsp3) is 0.133. The summed E-state index contributed by atoms with van der Waals surface area (Å²) in [5.41, 5.74) is 1.44. The van der Waals surface area contributed by atoms with E-state index in [4.69, 9.17) is 4.74 Å². The average molecular weight is 300 g/mol. The van der Waals surface area contributed by atoms with Crippen LogP contribution in [0.1, 0.15) is 17.4 Å². The number of aromatic hydroxyl groups is 1. The molecule has 0 saturated carbocycles. The fourth-order valence-electron chi connectivity index (χ4n) is 1.94. The van der Waals surface area contributed by atoms with Crippen molar-refractivity contribution in [2.45, 2.75) is 6.92 Å². The zero-order chi connectivity index (χ0) is 14.8. The van der Waals surface area contributed by atoms with Gasteiger partial charge in [0.15, 0.2) is 11.4 Å². The third-order valence-electron chi connectivity index (χ3n) is 2.90. The van der Waals surface area contributed by atoms with Crippen molar-refractivity contribution >= 4 is 27.5 Å². The van der Waals surface area contributed by atoms with E-state index in [9.17, 15) is 9.90 Å². The van der Waals surface area contributed by atoms with Crippen molar-refractivity contribution in [1.82, 2.24) is 9.97 Å². The Morgan fingerprint density at radius 3 is 2.81 bits per heavy atom. The molecule has 2 aromatic heterocycles. The molecule has 0 amide bonds. The van der Waals surface area contributed by atoms with Gasteiger partial charge in [-0.1, -0.05) is 30.3 Å². The van der Waals surface area contributed by atoms with E-state index in [-0.39, 0.29) is 18.1 Å². The van der Waals surface area contributed by atoms with Crippen LogP contribution in [0.25, 0.3) is 20.8 Å². The first-order chi connectivity index (χ1) is 10.2. The average Bonchev–Trinajstić information content (AvgIpc) is 2.94. The number of hydrogen-bond acceptors (Lipinski definition) is 6. The van der Waals surface area contributed by atoms with Crippen LogP contribution >= 0.6 is 11.3 Å². The number of nitrogens with zero attached hydrogens (tertiary/aromatic N) is 2. The van der Waals surface area contributed by atoms with Crippen molar-refractivity contribution in [3.05, 3.63) is 42.2 Å². The molecule has 1 aromatic carbocycles. The van der Waals surface area contributed by atoms with Gasteiger partial charge in [0.25, 0.3) is 0 Å². The van der Waals surface area contributed by atoms with Crippen molar-refractivity contribution in [3.63, 3.8) is 0 Å². The van der Waals surface area contributed by atoms with Crippen LogP contribution in [0.3, 0.4) is 0 Å². The highest BCUT2D eigenvalue weighted by Crippen LogP contribution is 2.36. The number of rotatable bonds is 3. The molecule has 3 rings (SSSR count). The third-order valence-corrected chi connectivity index (χ3v) is 4.03. The number of hydrogen-bond donors (Lipinski definition) is 1. The lowest BCUT2D eigenvalue weighted by atomic mass is 10.2. The smallest absolute Gasteiger partial charge is 0.360 e. The summed E-state index contributed by atoms with van der Waals surface area (Å²) >= 11 is 1.32. The molecule has 0 aliphatic heterocycles. The van der Waals surface area contributed by atoms with Crippen LogP contribution in [-0.2, 0) is 4.74 Å². The SMILES string of the molecule is CCOC(=O)c1ncc2nc(-c3ccccc3)sc2c1O. The lowest BCUT2D eigenvalue weighted by Crippen LogP contribution is -2.07. The Balaban J connectivity index is 2.10. The molecule has 0 atom stereocenters. The summed E-state index contributed by atoms with van der Waals surface area (Å²) in [7, 11) is 0. The van der Waals surface area contributed by atoms with E-state index in [2.05, 4.69) is 9.97 Å². The fourth-order valence-corrected chi connectivity index (χ4v) is 2.92. The van der Waals surface area contributed by atoms with Crippen molar-refractivity contribution < 1.29 is 14.6 Å². The van der Waals surface area contributed by atoms with E-state index in [0.717, 1.165) is 10.6 Å². The number of carbonyl (C=O) groups excluding carboxylic acids is 1. The summed E-state index contributed by atoms with van der Waals surface area (Å²) in [5, 5.41) is 11.0. The maximum Gasteiger partial charge on any atom is 0.360 e. The van der Waals surface area contributed by atoms with Gasteiger partial charge < -0.3 is 9.84 Å². The minimum Gasteiger partial charge on any atom is -0.504 e. The van der Waals surface area contributed by atoms with Crippen molar-refractivity contribution in [2.24, 2.45) is 0 Å². The Kier molecular flexibility index (Phi) is 3.53. The highest BCUT2D eigenvalue weighted by molar-refractivity contribution is 7.22. The van der Waals surface area contributed by atoms with Crippen LogP contribution in [-0.4, -0.2) is 27.7 Å². The summed E-state index contributed by atoms with van der Waals surface area (Å²) in [6, 6.07) is 9.64. The molecule has 5 nitrogen and oxygen atoms in total. The molecule has 0 spiro atoms. The lowest BCUT2D eigenvalue weighted by Gasteiger charge is -2.02. The molecule has 21 heavy (non-hydrogen) atoms. The second kappa shape index (κ2) is 5.49. The molecule has 0 fully saturated rings. The van der Waals surface area contributed by atoms with Crippen molar-refractivity contribution in [3.8, 4) is 16.3 Å². The van der Waals surface area contributed by atoms with E-state index >= 15 is 0 Å². The summed E-state index contributed by atoms with van der Waals surface area (Å²) in [5.74, 6) is -0.808. The highest BCUT2D eigenvalue weighted by Gasteiger charge is 2.19. The molecule has 1 N–H and O–H groups in total. The molecule has 0 saturated heterocycles. The second-order valence-electron chi connectivity index (χ2n) is 4.28. The van der Waals surface area contributed by atoms with E-state index < -0.39 is 5.97 Å². The summed E-state index contributed by atoms with van der Waals surface area (Å²) in [6.45, 7) is 1.93. The Hall–Kier alpha value is -2.47. The van der Waals surface area contributed by atoms with Gasteiger partial charge >= 0.3 is 5.97 Å². The normalized spacial score (nSPS) is 10.7. The molecule has 3 aromatic rings. The van der Waals surface area contributed by atoms with Crippen LogP contribution in [0.5, 0.6) is 5.75 Å². The van der Waals surface area contributed by atoms with Crippen LogP contribution < -0.4 is 0 Å². The monoisotopic (exact) mass is 300 g/mol. The summed E-state index contributed by atoms with van der Waals surface area (Å²) < 4.78 is 5.41. The van der Waals surface area contributed by atoms with Crippen molar-refractivity contribution in [2.75, 3.05) is 6.61 Å². The quantitative estimate of drug-likeness (QED) is 0.752. The summed E-state index contributed by atoms with van der Waals surface area (Å²) in [4.78, 5) is 20.1. The number of thiazole rings is 1. The molecule has 0 aliphatic rings. The maximum atomic E-state index is 11.7. The van der Waals surface area contributed by atoms with Gasteiger partial charge in [0.05, 0.1) is 12.8 Å². The molecular formula is C15H12N2O3S. The largest absolute Gasteiger partial charge is 0.504 e. The van der Waals surface area contributed by atoms with Gasteiger partial charge in [-0.05, 0) is 6.92 Å². The number of benzene rings is 1. The van der Waals surface area contributed by atoms with Crippen LogP contribution in [0.15, 0.2) is 36.5 Å². The summed E-state index contributed by atoms with van der Waals surface area (Å²) in [6.07, 6.45) is 1.48. The predicted octanol–water partition coefficient (Wildman–Crippen LogP) is 3.24. The minimum atomic E-state index is -0.633. The Labute approximate surface area is 124 Å². The standard InChI is InChI=1S/C15H12N2O3S/c1-2-20-15(19)11-12(18)13-10(8-16-11)17-14(21-13)9-6-4-3-5-7-9/h3-8,18H,2H2,1H3. The van der Waals surface area contributed by atoms with Gasteiger partial charge in [0.1, 0.15) is 15.2 Å². The first-order valence-corrected chi connectivity index (χ1v) is 7.23. The van der Waals surface area contributed by atoms with E-state index in [1.54, 1.807) is 6.92 Å². The number of esters is 1. The van der Waals surface area contributed by atoms with Crippen LogP contribution in [0, 0.1) is 0 Å². The molecule has 0 aliphatic carbocycles. The molecule has 6 heteroatoms. The molecular weight excluding hydrogens is 288 g/mol. The molecule has 0 unspecified atom stereocenters. The van der Waals surface area contributed by atoms with Gasteiger partial charge in [0, 0.05) is 5.56 Å². The van der Waals surface area contributed by atoms with Gasteiger partial charge in [-0.15, -0.1) is 11.3 Å². The first-order valence-electron chi connectivity index (χ1n) is 6.41. The van der Waals surface area contributed by atoms with E-state index in [1.165, 1.54) is 17.5 Å². The molecule has 0 bridgehead atoms. The third kappa shape index (κ3) is 2.45. The second-order valence-corrected chi connectivity index (χ2v) is 5.27. The Morgan fingerprint density at radius 2 is 2.10 bits per heavy atom. The van der Waals surface area contributed by atoms with Gasteiger partial charge in [-0.25, -0.2) is 14.8 Å². The highest BCUT2D eigenvalue weighted by atomic mass is 32.1. The number of fused-ring (bicyclic) bond motifs is 1. The van der Waals surface area contributed by atoms with Gasteiger partial charge in [-0.2, -0.15) is 0 Å². The molecule has 2 heterocycles. The van der Waals surface area contributed by atoms with Crippen LogP contribution in [0.2, 0.25) is 0 Å². The number of ether oxygens (including phenoxy) is 1. The van der Waals surface area contributed by atoms with Gasteiger partial charge in [-0.3, -0.25) is 0 Å². The maximum absolute atomic E-state index is 11.7. The minimum absolute atomic E-state index is 0.0763. The predicted molar refractivity (Wildman–Crippen MR) is 80.5 cm³/mol. The van der Waals surface area contributed by atoms with E-state index in [1.807, 2.05) is 30.3 Å². The lowest BCUT2D eigenvalue weighted by molar-refractivity contribution is 0.0516. The van der Waals surface area contributed by atoms with E-state index in [0.29, 0.717) is 10.2 Å². The molecule has 0 radical (unpaired) electrons. The number of pyridine rings is 1. The molecule has 106 valence electrons. The van der Waals surface area contributed by atoms with Gasteiger partial charge in [0.2, 0.25) is 0 Å².